The summed E-state index contributed by atoms with van der Waals surface area (Å²) in [7, 11) is 0. The fourth-order valence-corrected chi connectivity index (χ4v) is 2.97. The second-order valence-corrected chi connectivity index (χ2v) is 5.59. The van der Waals surface area contributed by atoms with Crippen molar-refractivity contribution in [1.29, 1.82) is 0 Å². The van der Waals surface area contributed by atoms with Gasteiger partial charge in [0.25, 0.3) is 0 Å². The maximum Gasteiger partial charge on any atom is 0.328 e. The summed E-state index contributed by atoms with van der Waals surface area (Å²) in [6.45, 7) is 7.18. The third kappa shape index (κ3) is 4.22. The molecule has 0 aliphatic carbocycles. The first-order chi connectivity index (χ1) is 10.1. The maximum atomic E-state index is 10.7. The van der Waals surface area contributed by atoms with Gasteiger partial charge in [-0.1, -0.05) is 30.7 Å². The molecule has 21 heavy (non-hydrogen) atoms. The van der Waals surface area contributed by atoms with Gasteiger partial charge in [-0.3, -0.25) is 4.90 Å². The largest absolute Gasteiger partial charge is 0.478 e. The Morgan fingerprint density at radius 3 is 2.67 bits per heavy atom. The summed E-state index contributed by atoms with van der Waals surface area (Å²) in [6.07, 6.45) is 3.93. The molecule has 114 valence electrons. The fraction of sp³-hybridized carbons (Fsp3) is 0.438. The topological polar surface area (TPSA) is 43.8 Å². The number of nitrogens with zero attached hydrogens (tertiary/aromatic N) is 2. The molecule has 4 nitrogen and oxygen atoms in total. The van der Waals surface area contributed by atoms with Crippen LogP contribution in [-0.4, -0.2) is 48.7 Å². The molecule has 2 rings (SSSR count). The van der Waals surface area contributed by atoms with Crippen LogP contribution in [0.3, 0.4) is 0 Å². The number of piperazine rings is 1. The Labute approximate surface area is 130 Å². The molecule has 1 N–H and O–H groups in total. The molecule has 5 heteroatoms. The second-order valence-electron chi connectivity index (χ2n) is 5.18. The first-order valence-electron chi connectivity index (χ1n) is 7.28. The summed E-state index contributed by atoms with van der Waals surface area (Å²) < 4.78 is 0. The Bertz CT molecular complexity index is 523. The van der Waals surface area contributed by atoms with Crippen molar-refractivity contribution in [2.75, 3.05) is 37.6 Å². The lowest BCUT2D eigenvalue weighted by Gasteiger charge is -2.37. The van der Waals surface area contributed by atoms with Crippen LogP contribution in [0, 0.1) is 0 Å². The SMILES string of the molecule is CCCN1CCN(c2c(Cl)cccc2/C=C/C(=O)O)CC1. The van der Waals surface area contributed by atoms with Gasteiger partial charge in [-0.05, 0) is 30.7 Å². The van der Waals surface area contributed by atoms with E-state index in [9.17, 15) is 4.79 Å². The number of carboxylic acids is 1. The Morgan fingerprint density at radius 2 is 2.05 bits per heavy atom. The van der Waals surface area contributed by atoms with Crippen molar-refractivity contribution < 1.29 is 9.90 Å². The number of carbonyl (C=O) groups is 1. The van der Waals surface area contributed by atoms with E-state index in [1.165, 1.54) is 6.42 Å². The molecule has 0 saturated carbocycles. The van der Waals surface area contributed by atoms with E-state index in [1.807, 2.05) is 18.2 Å². The summed E-state index contributed by atoms with van der Waals surface area (Å²) in [5, 5.41) is 9.47. The van der Waals surface area contributed by atoms with Gasteiger partial charge in [-0.25, -0.2) is 4.79 Å². The van der Waals surface area contributed by atoms with Gasteiger partial charge < -0.3 is 10.0 Å². The predicted molar refractivity (Wildman–Crippen MR) is 87.1 cm³/mol. The van der Waals surface area contributed by atoms with Crippen LogP contribution in [0.25, 0.3) is 6.08 Å². The van der Waals surface area contributed by atoms with Gasteiger partial charge in [-0.2, -0.15) is 0 Å². The first-order valence-corrected chi connectivity index (χ1v) is 7.66. The number of rotatable bonds is 5. The summed E-state index contributed by atoms with van der Waals surface area (Å²) in [6, 6.07) is 5.60. The van der Waals surface area contributed by atoms with E-state index in [4.69, 9.17) is 16.7 Å². The lowest BCUT2D eigenvalue weighted by Crippen LogP contribution is -2.46. The molecular weight excluding hydrogens is 288 g/mol. The zero-order chi connectivity index (χ0) is 15.2. The number of anilines is 1. The minimum absolute atomic E-state index is 0.673. The van der Waals surface area contributed by atoms with Crippen LogP contribution in [0.5, 0.6) is 0 Å². The lowest BCUT2D eigenvalue weighted by molar-refractivity contribution is -0.131. The first kappa shape index (κ1) is 15.9. The molecule has 0 atom stereocenters. The standard InChI is InChI=1S/C16H21ClN2O2/c1-2-8-18-9-11-19(12-10-18)16-13(6-7-15(20)21)4-3-5-14(16)17/h3-7H,2,8-12H2,1H3,(H,20,21)/b7-6+. The van der Waals surface area contributed by atoms with Gasteiger partial charge in [0, 0.05) is 32.3 Å². The van der Waals surface area contributed by atoms with Crippen LogP contribution in [0.1, 0.15) is 18.9 Å². The van der Waals surface area contributed by atoms with E-state index in [0.717, 1.165) is 50.1 Å². The highest BCUT2D eigenvalue weighted by Crippen LogP contribution is 2.31. The molecule has 0 amide bonds. The lowest BCUT2D eigenvalue weighted by atomic mass is 10.1. The van der Waals surface area contributed by atoms with Gasteiger partial charge >= 0.3 is 5.97 Å². The van der Waals surface area contributed by atoms with Crippen molar-refractivity contribution in [3.8, 4) is 0 Å². The van der Waals surface area contributed by atoms with Crippen molar-refractivity contribution in [2.45, 2.75) is 13.3 Å². The highest BCUT2D eigenvalue weighted by atomic mass is 35.5. The predicted octanol–water partition coefficient (Wildman–Crippen LogP) is 2.97. The number of aliphatic carboxylic acids is 1. The van der Waals surface area contributed by atoms with Crippen LogP contribution >= 0.6 is 11.6 Å². The smallest absolute Gasteiger partial charge is 0.328 e. The number of para-hydroxylation sites is 1. The Kier molecular flexibility index (Phi) is 5.65. The van der Waals surface area contributed by atoms with E-state index in [-0.39, 0.29) is 0 Å². The van der Waals surface area contributed by atoms with E-state index >= 15 is 0 Å². The summed E-state index contributed by atoms with van der Waals surface area (Å²) >= 11 is 6.34. The van der Waals surface area contributed by atoms with Crippen LogP contribution in [0.4, 0.5) is 5.69 Å². The van der Waals surface area contributed by atoms with Gasteiger partial charge in [0.1, 0.15) is 0 Å². The van der Waals surface area contributed by atoms with E-state index in [2.05, 4.69) is 16.7 Å². The number of hydrogen-bond donors (Lipinski definition) is 1. The molecule has 0 spiro atoms. The molecule has 0 radical (unpaired) electrons. The zero-order valence-electron chi connectivity index (χ0n) is 12.3. The van der Waals surface area contributed by atoms with Crippen LogP contribution in [0.2, 0.25) is 5.02 Å². The molecule has 1 aliphatic rings. The summed E-state index contributed by atoms with van der Waals surface area (Å²) in [5.74, 6) is -0.950. The fourth-order valence-electron chi connectivity index (χ4n) is 2.67. The summed E-state index contributed by atoms with van der Waals surface area (Å²) in [5.41, 5.74) is 1.79. The van der Waals surface area contributed by atoms with Crippen molar-refractivity contribution >= 4 is 29.3 Å². The Balaban J connectivity index is 2.17. The van der Waals surface area contributed by atoms with Crippen molar-refractivity contribution in [2.24, 2.45) is 0 Å². The number of benzene rings is 1. The molecule has 0 unspecified atom stereocenters. The van der Waals surface area contributed by atoms with Gasteiger partial charge in [0.05, 0.1) is 10.7 Å². The van der Waals surface area contributed by atoms with Crippen molar-refractivity contribution in [3.63, 3.8) is 0 Å². The van der Waals surface area contributed by atoms with Crippen LogP contribution < -0.4 is 4.90 Å². The van der Waals surface area contributed by atoms with E-state index in [1.54, 1.807) is 6.08 Å². The van der Waals surface area contributed by atoms with E-state index in [0.29, 0.717) is 5.02 Å². The van der Waals surface area contributed by atoms with Crippen molar-refractivity contribution in [1.82, 2.24) is 4.90 Å². The molecular formula is C16H21ClN2O2. The van der Waals surface area contributed by atoms with Gasteiger partial charge in [0.15, 0.2) is 0 Å². The average Bonchev–Trinajstić information content (AvgIpc) is 2.46. The third-order valence-electron chi connectivity index (χ3n) is 3.65. The minimum atomic E-state index is -0.950. The molecule has 1 aromatic carbocycles. The quantitative estimate of drug-likeness (QED) is 0.849. The number of halogens is 1. The maximum absolute atomic E-state index is 10.7. The number of hydrogen-bond acceptors (Lipinski definition) is 3. The highest BCUT2D eigenvalue weighted by molar-refractivity contribution is 6.33. The molecule has 1 saturated heterocycles. The Morgan fingerprint density at radius 1 is 1.33 bits per heavy atom. The molecule has 1 aromatic rings. The molecule has 1 heterocycles. The monoisotopic (exact) mass is 308 g/mol. The van der Waals surface area contributed by atoms with Crippen LogP contribution in [0.15, 0.2) is 24.3 Å². The average molecular weight is 309 g/mol. The molecule has 0 aromatic heterocycles. The minimum Gasteiger partial charge on any atom is -0.478 e. The van der Waals surface area contributed by atoms with Gasteiger partial charge in [0.2, 0.25) is 0 Å². The molecule has 1 fully saturated rings. The molecule has 0 bridgehead atoms. The van der Waals surface area contributed by atoms with E-state index < -0.39 is 5.97 Å². The van der Waals surface area contributed by atoms with Crippen LogP contribution in [-0.2, 0) is 4.79 Å². The third-order valence-corrected chi connectivity index (χ3v) is 3.96. The number of carboxylic acid groups (broad SMARTS) is 1. The van der Waals surface area contributed by atoms with Gasteiger partial charge in [-0.15, -0.1) is 0 Å². The second kappa shape index (κ2) is 7.48. The Hall–Kier alpha value is -1.52. The molecule has 1 aliphatic heterocycles. The normalized spacial score (nSPS) is 16.6. The zero-order valence-corrected chi connectivity index (χ0v) is 13.0. The summed E-state index contributed by atoms with van der Waals surface area (Å²) in [4.78, 5) is 15.4. The highest BCUT2D eigenvalue weighted by Gasteiger charge is 2.20. The van der Waals surface area contributed by atoms with Crippen molar-refractivity contribution in [3.05, 3.63) is 34.9 Å².